The maximum Gasteiger partial charge on any atom is 0.315 e. The molecular weight excluding hydrogens is 288 g/mol. The second-order valence-electron chi connectivity index (χ2n) is 6.15. The molecule has 5 heteroatoms. The van der Waals surface area contributed by atoms with Crippen molar-refractivity contribution in [3.63, 3.8) is 0 Å². The van der Waals surface area contributed by atoms with Gasteiger partial charge in [0.2, 0.25) is 0 Å². The van der Waals surface area contributed by atoms with Crippen LogP contribution < -0.4 is 10.6 Å². The number of carbonyl (C=O) groups is 1. The minimum atomic E-state index is -0.138. The molecule has 124 valence electrons. The maximum atomic E-state index is 11.8. The first kappa shape index (κ1) is 17.3. The molecule has 1 aliphatic rings. The topological polar surface area (TPSA) is 68.2 Å². The van der Waals surface area contributed by atoms with Crippen molar-refractivity contribution in [3.8, 4) is 6.07 Å². The van der Waals surface area contributed by atoms with Crippen LogP contribution in [0, 0.1) is 11.3 Å². The smallest absolute Gasteiger partial charge is 0.315 e. The molecule has 0 saturated carbocycles. The molecule has 1 aliphatic heterocycles. The third-order valence-corrected chi connectivity index (χ3v) is 4.38. The van der Waals surface area contributed by atoms with Crippen LogP contribution in [0.5, 0.6) is 0 Å². The predicted octanol–water partition coefficient (Wildman–Crippen LogP) is 2.62. The van der Waals surface area contributed by atoms with Gasteiger partial charge in [-0.1, -0.05) is 18.6 Å². The van der Waals surface area contributed by atoms with Crippen LogP contribution in [0.1, 0.15) is 43.7 Å². The van der Waals surface area contributed by atoms with Crippen molar-refractivity contribution in [1.82, 2.24) is 15.5 Å². The molecule has 23 heavy (non-hydrogen) atoms. The number of nitrogens with zero attached hydrogens (tertiary/aromatic N) is 2. The van der Waals surface area contributed by atoms with Gasteiger partial charge in [0.15, 0.2) is 0 Å². The maximum absolute atomic E-state index is 11.8. The Bertz CT molecular complexity index is 535. The average Bonchev–Trinajstić information content (AvgIpc) is 2.59. The Kier molecular flexibility index (Phi) is 6.89. The van der Waals surface area contributed by atoms with Gasteiger partial charge in [0.25, 0.3) is 0 Å². The lowest BCUT2D eigenvalue weighted by Gasteiger charge is -2.33. The first-order valence-corrected chi connectivity index (χ1v) is 8.44. The number of carbonyl (C=O) groups excluding carboxylic acids is 1. The van der Waals surface area contributed by atoms with E-state index >= 15 is 0 Å². The van der Waals surface area contributed by atoms with Crippen LogP contribution in [0.3, 0.4) is 0 Å². The average molecular weight is 314 g/mol. The molecule has 1 aromatic rings. The van der Waals surface area contributed by atoms with Gasteiger partial charge in [-0.25, -0.2) is 4.79 Å². The normalized spacial score (nSPS) is 18.2. The van der Waals surface area contributed by atoms with Crippen molar-refractivity contribution in [1.29, 1.82) is 5.26 Å². The standard InChI is InChI=1S/C18H26N4O/c1-15-5-2-3-11-22(15)12-4-10-20-18(23)21-14-17-8-6-16(13-19)7-9-17/h6-9,15H,2-5,10-12,14H2,1H3,(H2,20,21,23). The Balaban J connectivity index is 1.58. The summed E-state index contributed by atoms with van der Waals surface area (Å²) in [6.45, 7) is 5.70. The van der Waals surface area contributed by atoms with Crippen LogP contribution in [0.15, 0.2) is 24.3 Å². The molecule has 0 spiro atoms. The third-order valence-electron chi connectivity index (χ3n) is 4.38. The Labute approximate surface area is 138 Å². The molecule has 2 rings (SSSR count). The van der Waals surface area contributed by atoms with Gasteiger partial charge >= 0.3 is 6.03 Å². The highest BCUT2D eigenvalue weighted by molar-refractivity contribution is 5.73. The molecule has 1 atom stereocenters. The summed E-state index contributed by atoms with van der Waals surface area (Å²) >= 11 is 0. The quantitative estimate of drug-likeness (QED) is 0.793. The lowest BCUT2D eigenvalue weighted by Crippen LogP contribution is -2.40. The summed E-state index contributed by atoms with van der Waals surface area (Å²) in [4.78, 5) is 14.3. The van der Waals surface area contributed by atoms with Gasteiger partial charge in [-0.05, 0) is 50.4 Å². The molecule has 2 N–H and O–H groups in total. The van der Waals surface area contributed by atoms with Crippen LogP contribution >= 0.6 is 0 Å². The monoisotopic (exact) mass is 314 g/mol. The Morgan fingerprint density at radius 2 is 2.09 bits per heavy atom. The van der Waals surface area contributed by atoms with E-state index in [1.807, 2.05) is 12.1 Å². The number of likely N-dealkylation sites (tertiary alicyclic amines) is 1. The van der Waals surface area contributed by atoms with E-state index < -0.39 is 0 Å². The van der Waals surface area contributed by atoms with Crippen LogP contribution in [0.4, 0.5) is 4.79 Å². The largest absolute Gasteiger partial charge is 0.338 e. The molecule has 1 fully saturated rings. The number of hydrogen-bond donors (Lipinski definition) is 2. The number of hydrogen-bond acceptors (Lipinski definition) is 3. The van der Waals surface area contributed by atoms with Gasteiger partial charge in [-0.3, -0.25) is 0 Å². The highest BCUT2D eigenvalue weighted by atomic mass is 16.2. The van der Waals surface area contributed by atoms with Gasteiger partial charge in [0, 0.05) is 25.7 Å². The summed E-state index contributed by atoms with van der Waals surface area (Å²) < 4.78 is 0. The number of piperidine rings is 1. The minimum Gasteiger partial charge on any atom is -0.338 e. The molecular formula is C18H26N4O. The molecule has 1 aromatic carbocycles. The van der Waals surface area contributed by atoms with E-state index in [0.29, 0.717) is 24.7 Å². The second-order valence-corrected chi connectivity index (χ2v) is 6.15. The number of amides is 2. The summed E-state index contributed by atoms with van der Waals surface area (Å²) in [6.07, 6.45) is 4.91. The zero-order valence-corrected chi connectivity index (χ0v) is 13.8. The number of rotatable bonds is 6. The Morgan fingerprint density at radius 1 is 1.30 bits per heavy atom. The molecule has 2 amide bonds. The van der Waals surface area contributed by atoms with Gasteiger partial charge < -0.3 is 15.5 Å². The fourth-order valence-corrected chi connectivity index (χ4v) is 2.92. The van der Waals surface area contributed by atoms with Crippen LogP contribution in [-0.2, 0) is 6.54 Å². The zero-order valence-electron chi connectivity index (χ0n) is 13.8. The number of nitrogens with one attached hydrogen (secondary N) is 2. The minimum absolute atomic E-state index is 0.138. The van der Waals surface area contributed by atoms with Crippen LogP contribution in [0.25, 0.3) is 0 Å². The van der Waals surface area contributed by atoms with E-state index in [0.717, 1.165) is 18.5 Å². The van der Waals surface area contributed by atoms with Crippen molar-refractivity contribution >= 4 is 6.03 Å². The van der Waals surface area contributed by atoms with E-state index in [9.17, 15) is 4.79 Å². The van der Waals surface area contributed by atoms with Gasteiger partial charge in [-0.15, -0.1) is 0 Å². The van der Waals surface area contributed by atoms with Crippen molar-refractivity contribution in [2.24, 2.45) is 0 Å². The lowest BCUT2D eigenvalue weighted by molar-refractivity contribution is 0.159. The molecule has 0 aromatic heterocycles. The molecule has 1 saturated heterocycles. The van der Waals surface area contributed by atoms with E-state index in [2.05, 4.69) is 28.5 Å². The molecule has 0 radical (unpaired) electrons. The van der Waals surface area contributed by atoms with Crippen molar-refractivity contribution in [2.45, 2.75) is 45.2 Å². The molecule has 1 heterocycles. The Hall–Kier alpha value is -2.06. The fraction of sp³-hybridized carbons (Fsp3) is 0.556. The van der Waals surface area contributed by atoms with E-state index in [4.69, 9.17) is 5.26 Å². The lowest BCUT2D eigenvalue weighted by atomic mass is 10.0. The molecule has 0 aliphatic carbocycles. The second kappa shape index (κ2) is 9.16. The fourth-order valence-electron chi connectivity index (χ4n) is 2.92. The summed E-state index contributed by atoms with van der Waals surface area (Å²) in [5, 5.41) is 14.5. The summed E-state index contributed by atoms with van der Waals surface area (Å²) in [6, 6.07) is 9.85. The van der Waals surface area contributed by atoms with E-state index in [1.54, 1.807) is 12.1 Å². The van der Waals surface area contributed by atoms with E-state index in [1.165, 1.54) is 25.8 Å². The third kappa shape index (κ3) is 5.91. The van der Waals surface area contributed by atoms with Gasteiger partial charge in [0.1, 0.15) is 0 Å². The molecule has 1 unspecified atom stereocenters. The summed E-state index contributed by atoms with van der Waals surface area (Å²) in [7, 11) is 0. The molecule has 5 nitrogen and oxygen atoms in total. The number of urea groups is 1. The predicted molar refractivity (Wildman–Crippen MR) is 90.9 cm³/mol. The zero-order chi connectivity index (χ0) is 16.5. The van der Waals surface area contributed by atoms with Crippen molar-refractivity contribution < 1.29 is 4.79 Å². The van der Waals surface area contributed by atoms with Crippen LogP contribution in [-0.4, -0.2) is 36.6 Å². The summed E-state index contributed by atoms with van der Waals surface area (Å²) in [5.74, 6) is 0. The van der Waals surface area contributed by atoms with E-state index in [-0.39, 0.29) is 6.03 Å². The van der Waals surface area contributed by atoms with Crippen LogP contribution in [0.2, 0.25) is 0 Å². The number of benzene rings is 1. The number of nitriles is 1. The summed E-state index contributed by atoms with van der Waals surface area (Å²) in [5.41, 5.74) is 1.62. The highest BCUT2D eigenvalue weighted by Gasteiger charge is 2.17. The first-order valence-electron chi connectivity index (χ1n) is 8.44. The SMILES string of the molecule is CC1CCCCN1CCCNC(=O)NCc1ccc(C#N)cc1. The van der Waals surface area contributed by atoms with Crippen molar-refractivity contribution in [3.05, 3.63) is 35.4 Å². The Morgan fingerprint density at radius 3 is 2.78 bits per heavy atom. The van der Waals surface area contributed by atoms with Gasteiger partial charge in [-0.2, -0.15) is 5.26 Å². The first-order chi connectivity index (χ1) is 11.2. The molecule has 0 bridgehead atoms. The van der Waals surface area contributed by atoms with Crippen molar-refractivity contribution in [2.75, 3.05) is 19.6 Å². The van der Waals surface area contributed by atoms with Gasteiger partial charge in [0.05, 0.1) is 11.6 Å². The highest BCUT2D eigenvalue weighted by Crippen LogP contribution is 2.15.